The van der Waals surface area contributed by atoms with Gasteiger partial charge in [0.25, 0.3) is 0 Å². The van der Waals surface area contributed by atoms with Gasteiger partial charge in [0.1, 0.15) is 0 Å². The van der Waals surface area contributed by atoms with E-state index in [9.17, 15) is 5.11 Å². The van der Waals surface area contributed by atoms with Crippen LogP contribution < -0.4 is 4.74 Å². The minimum Gasteiger partial charge on any atom is -0.493 e. The largest absolute Gasteiger partial charge is 0.493 e. The van der Waals surface area contributed by atoms with Crippen molar-refractivity contribution < 1.29 is 9.84 Å². The Morgan fingerprint density at radius 1 is 1.33 bits per heavy atom. The van der Waals surface area contributed by atoms with E-state index in [0.29, 0.717) is 5.75 Å². The van der Waals surface area contributed by atoms with Crippen molar-refractivity contribution in [2.45, 2.75) is 19.8 Å². The highest BCUT2D eigenvalue weighted by Gasteiger charge is 2.11. The summed E-state index contributed by atoms with van der Waals surface area (Å²) in [6.07, 6.45) is 0. The van der Waals surface area contributed by atoms with Crippen LogP contribution in [-0.4, -0.2) is 7.11 Å². The SMILES string of the molecule is COc1cccc(C(C)C)c1[O]. The maximum atomic E-state index is 11.5. The van der Waals surface area contributed by atoms with Crippen molar-refractivity contribution in [3.63, 3.8) is 0 Å². The molecule has 65 valence electrons. The zero-order valence-corrected chi connectivity index (χ0v) is 7.63. The van der Waals surface area contributed by atoms with Gasteiger partial charge < -0.3 is 4.74 Å². The average Bonchev–Trinajstić information content (AvgIpc) is 2.04. The molecule has 0 heterocycles. The molecule has 2 heteroatoms. The molecular formula is C10H13O2. The summed E-state index contributed by atoms with van der Waals surface area (Å²) < 4.78 is 4.92. The van der Waals surface area contributed by atoms with Gasteiger partial charge in [-0.1, -0.05) is 26.0 Å². The molecule has 0 saturated carbocycles. The zero-order chi connectivity index (χ0) is 9.14. The highest BCUT2D eigenvalue weighted by molar-refractivity contribution is 5.46. The number of hydrogen-bond donors (Lipinski definition) is 0. The lowest BCUT2D eigenvalue weighted by Crippen LogP contribution is -1.90. The van der Waals surface area contributed by atoms with E-state index in [2.05, 4.69) is 0 Å². The van der Waals surface area contributed by atoms with E-state index in [0.717, 1.165) is 5.56 Å². The molecule has 1 aromatic carbocycles. The van der Waals surface area contributed by atoms with Gasteiger partial charge in [-0.2, -0.15) is 0 Å². The van der Waals surface area contributed by atoms with Gasteiger partial charge in [-0.3, -0.25) is 5.11 Å². The maximum absolute atomic E-state index is 11.5. The van der Waals surface area contributed by atoms with Gasteiger partial charge >= 0.3 is 0 Å². The molecule has 0 aliphatic carbocycles. The Morgan fingerprint density at radius 2 is 2.00 bits per heavy atom. The number of methoxy groups -OCH3 is 1. The topological polar surface area (TPSA) is 29.1 Å². The third-order valence-corrected chi connectivity index (χ3v) is 1.85. The van der Waals surface area contributed by atoms with Crippen LogP contribution in [0, 0.1) is 0 Å². The molecule has 0 saturated heterocycles. The first-order valence-corrected chi connectivity index (χ1v) is 4.00. The van der Waals surface area contributed by atoms with Crippen LogP contribution in [0.1, 0.15) is 25.3 Å². The lowest BCUT2D eigenvalue weighted by molar-refractivity contribution is 0.310. The lowest BCUT2D eigenvalue weighted by atomic mass is 10.0. The van der Waals surface area contributed by atoms with E-state index in [1.165, 1.54) is 7.11 Å². The molecule has 0 aliphatic heterocycles. The van der Waals surface area contributed by atoms with Gasteiger partial charge in [0.05, 0.1) is 7.11 Å². The van der Waals surface area contributed by atoms with Crippen LogP contribution in [0.5, 0.6) is 11.5 Å². The molecule has 0 unspecified atom stereocenters. The molecular weight excluding hydrogens is 152 g/mol. The second-order valence-electron chi connectivity index (χ2n) is 3.03. The molecule has 1 aromatic rings. The summed E-state index contributed by atoms with van der Waals surface area (Å²) in [5.74, 6) is 0.698. The maximum Gasteiger partial charge on any atom is 0.223 e. The second-order valence-corrected chi connectivity index (χ2v) is 3.03. The van der Waals surface area contributed by atoms with Gasteiger partial charge in [-0.05, 0) is 12.0 Å². The molecule has 12 heavy (non-hydrogen) atoms. The van der Waals surface area contributed by atoms with Gasteiger partial charge in [-0.15, -0.1) is 0 Å². The van der Waals surface area contributed by atoms with Crippen LogP contribution in [0.25, 0.3) is 0 Å². The van der Waals surface area contributed by atoms with Crippen molar-refractivity contribution >= 4 is 0 Å². The highest BCUT2D eigenvalue weighted by atomic mass is 16.5. The minimum atomic E-state index is 0.00926. The van der Waals surface area contributed by atoms with E-state index in [4.69, 9.17) is 4.74 Å². The molecule has 0 spiro atoms. The van der Waals surface area contributed by atoms with Crippen LogP contribution in [-0.2, 0) is 5.11 Å². The van der Waals surface area contributed by atoms with Crippen LogP contribution in [0.3, 0.4) is 0 Å². The highest BCUT2D eigenvalue weighted by Crippen LogP contribution is 2.34. The fourth-order valence-electron chi connectivity index (χ4n) is 1.15. The summed E-state index contributed by atoms with van der Waals surface area (Å²) in [7, 11) is 1.51. The number of rotatable bonds is 2. The number of ether oxygens (including phenoxy) is 1. The third-order valence-electron chi connectivity index (χ3n) is 1.85. The van der Waals surface area contributed by atoms with Gasteiger partial charge in [-0.25, -0.2) is 0 Å². The summed E-state index contributed by atoms with van der Waals surface area (Å²) in [5.41, 5.74) is 0.814. The quantitative estimate of drug-likeness (QED) is 0.662. The van der Waals surface area contributed by atoms with Crippen molar-refractivity contribution in [1.82, 2.24) is 0 Å². The molecule has 1 radical (unpaired) electrons. The van der Waals surface area contributed by atoms with Gasteiger partial charge in [0.15, 0.2) is 5.75 Å². The van der Waals surface area contributed by atoms with E-state index >= 15 is 0 Å². The molecule has 0 N–H and O–H groups in total. The van der Waals surface area contributed by atoms with Crippen molar-refractivity contribution in [3.8, 4) is 11.5 Å². The normalized spacial score (nSPS) is 10.3. The number of hydrogen-bond acceptors (Lipinski definition) is 1. The predicted octanol–water partition coefficient (Wildman–Crippen LogP) is 2.96. The van der Waals surface area contributed by atoms with Crippen molar-refractivity contribution in [2.75, 3.05) is 7.11 Å². The van der Waals surface area contributed by atoms with E-state index < -0.39 is 0 Å². The van der Waals surface area contributed by atoms with Crippen LogP contribution >= 0.6 is 0 Å². The molecule has 0 aromatic heterocycles. The Bertz CT molecular complexity index is 267. The van der Waals surface area contributed by atoms with Gasteiger partial charge in [0, 0.05) is 5.56 Å². The molecule has 2 nitrogen and oxygen atoms in total. The summed E-state index contributed by atoms with van der Waals surface area (Å²) in [5, 5.41) is 11.5. The summed E-state index contributed by atoms with van der Waals surface area (Å²) in [6, 6.07) is 5.37. The molecule has 1 rings (SSSR count). The Morgan fingerprint density at radius 3 is 2.50 bits per heavy atom. The van der Waals surface area contributed by atoms with Crippen molar-refractivity contribution in [3.05, 3.63) is 23.8 Å². The first-order valence-electron chi connectivity index (χ1n) is 4.00. The summed E-state index contributed by atoms with van der Waals surface area (Å²) in [4.78, 5) is 0. The summed E-state index contributed by atoms with van der Waals surface area (Å²) >= 11 is 0. The molecule has 0 aliphatic rings. The third kappa shape index (κ3) is 1.52. The monoisotopic (exact) mass is 165 g/mol. The Kier molecular flexibility index (Phi) is 2.58. The van der Waals surface area contributed by atoms with Crippen molar-refractivity contribution in [2.24, 2.45) is 0 Å². The smallest absolute Gasteiger partial charge is 0.223 e. The zero-order valence-electron chi connectivity index (χ0n) is 7.63. The average molecular weight is 165 g/mol. The fraction of sp³-hybridized carbons (Fsp3) is 0.400. The Balaban J connectivity index is 3.14. The molecule has 0 atom stereocenters. The van der Waals surface area contributed by atoms with Crippen LogP contribution in [0.15, 0.2) is 18.2 Å². The first kappa shape index (κ1) is 8.91. The molecule has 0 fully saturated rings. The van der Waals surface area contributed by atoms with Crippen LogP contribution in [0.4, 0.5) is 0 Å². The fourth-order valence-corrected chi connectivity index (χ4v) is 1.15. The van der Waals surface area contributed by atoms with Crippen LogP contribution in [0.2, 0.25) is 0 Å². The number of benzene rings is 1. The Hall–Kier alpha value is -1.18. The van der Waals surface area contributed by atoms with E-state index in [1.807, 2.05) is 26.0 Å². The van der Waals surface area contributed by atoms with E-state index in [1.54, 1.807) is 6.07 Å². The standard InChI is InChI=1S/C10H13O2/c1-7(2)8-5-4-6-9(12-3)10(8)11/h4-7H,1-3H3. The minimum absolute atomic E-state index is 0.00926. The molecule has 0 amide bonds. The second kappa shape index (κ2) is 3.48. The first-order chi connectivity index (χ1) is 5.66. The predicted molar refractivity (Wildman–Crippen MR) is 47.2 cm³/mol. The Labute approximate surface area is 72.8 Å². The van der Waals surface area contributed by atoms with Gasteiger partial charge in [0.2, 0.25) is 5.75 Å². The lowest BCUT2D eigenvalue weighted by Gasteiger charge is -2.08. The van der Waals surface area contributed by atoms with E-state index in [-0.39, 0.29) is 11.7 Å². The van der Waals surface area contributed by atoms with Crippen molar-refractivity contribution in [1.29, 1.82) is 0 Å². The summed E-state index contributed by atoms with van der Waals surface area (Å²) in [6.45, 7) is 3.99. The molecule has 0 bridgehead atoms. The number of para-hydroxylation sites is 1.